The van der Waals surface area contributed by atoms with Crippen LogP contribution in [0.1, 0.15) is 61.9 Å². The molecule has 1 fully saturated rings. The van der Waals surface area contributed by atoms with Gasteiger partial charge in [0.15, 0.2) is 0 Å². The lowest BCUT2D eigenvalue weighted by Crippen LogP contribution is -2.50. The summed E-state index contributed by atoms with van der Waals surface area (Å²) in [4.78, 5) is 19.4. The Kier molecular flexibility index (Phi) is 9.26. The largest absolute Gasteiger partial charge is 0.472 e. The van der Waals surface area contributed by atoms with Crippen molar-refractivity contribution in [3.63, 3.8) is 0 Å². The summed E-state index contributed by atoms with van der Waals surface area (Å²) < 4.78 is 47.4. The van der Waals surface area contributed by atoms with E-state index in [1.54, 1.807) is 24.1 Å². The summed E-state index contributed by atoms with van der Waals surface area (Å²) in [6.07, 6.45) is 6.61. The number of aliphatic hydroxyl groups excluding tert-OH is 1. The molecule has 1 saturated carbocycles. The van der Waals surface area contributed by atoms with Gasteiger partial charge in [0.1, 0.15) is 17.5 Å². The Morgan fingerprint density at radius 3 is 2.69 bits per heavy atom. The molecule has 3 atom stereocenters. The molecule has 0 unspecified atom stereocenters. The summed E-state index contributed by atoms with van der Waals surface area (Å²) in [5.41, 5.74) is 0.821. The van der Waals surface area contributed by atoms with Gasteiger partial charge >= 0.3 is 0 Å². The van der Waals surface area contributed by atoms with E-state index in [9.17, 15) is 22.7 Å². The van der Waals surface area contributed by atoms with E-state index in [0.29, 0.717) is 11.5 Å². The number of pyridine rings is 1. The Morgan fingerprint density at radius 1 is 1.26 bits per heavy atom. The summed E-state index contributed by atoms with van der Waals surface area (Å²) in [7, 11) is -2.59. The zero-order chi connectivity index (χ0) is 28.2. The number of hydrogen-bond acceptors (Lipinski definition) is 6. The topological polar surface area (TPSA) is 100 Å². The molecule has 0 saturated heterocycles. The molecule has 0 spiro atoms. The highest BCUT2D eigenvalue weighted by atomic mass is 32.2. The molecule has 8 nitrogen and oxygen atoms in total. The first-order chi connectivity index (χ1) is 18.6. The lowest BCUT2D eigenvalue weighted by molar-refractivity contribution is 0.0373. The van der Waals surface area contributed by atoms with Gasteiger partial charge in [0.05, 0.1) is 24.1 Å². The average molecular weight is 558 g/mol. The molecule has 10 heteroatoms. The van der Waals surface area contributed by atoms with Crippen LogP contribution in [-0.2, 0) is 10.0 Å². The third-order valence-corrected chi connectivity index (χ3v) is 9.31. The molecular weight excluding hydrogens is 521 g/mol. The third-order valence-electron chi connectivity index (χ3n) is 7.49. The van der Waals surface area contributed by atoms with Crippen LogP contribution in [0.3, 0.4) is 0 Å². The minimum atomic E-state index is -4.00. The standard InChI is InChI=1S/C29H36FN3O5S/c1-20-17-33(21(2)19-34)29(35)26-14-23(13-12-22-8-5-4-6-9-22)16-31-28(26)38-27(20)18-32(3)39(36,37)25-11-7-10-24(30)15-25/h7,10-11,14-16,20-22,27,34H,4-6,8-9,17-19H2,1-3H3/t20-,21-,27-/m1/s1. The van der Waals surface area contributed by atoms with Crippen LogP contribution in [0.25, 0.3) is 0 Å². The number of hydrogen-bond donors (Lipinski definition) is 1. The van der Waals surface area contributed by atoms with Crippen molar-refractivity contribution < 1.29 is 27.4 Å². The van der Waals surface area contributed by atoms with E-state index in [2.05, 4.69) is 16.8 Å². The lowest BCUT2D eigenvalue weighted by Gasteiger charge is -2.37. The number of carbonyl (C=O) groups is 1. The van der Waals surface area contributed by atoms with E-state index >= 15 is 0 Å². The second kappa shape index (κ2) is 12.5. The van der Waals surface area contributed by atoms with Crippen LogP contribution in [0.15, 0.2) is 41.4 Å². The van der Waals surface area contributed by atoms with Gasteiger partial charge in [-0.25, -0.2) is 17.8 Å². The number of halogens is 1. The number of ether oxygens (including phenoxy) is 1. The molecule has 1 aromatic carbocycles. The number of fused-ring (bicyclic) bond motifs is 1. The van der Waals surface area contributed by atoms with Gasteiger partial charge in [-0.05, 0) is 44.0 Å². The number of aromatic nitrogens is 1. The van der Waals surface area contributed by atoms with Crippen LogP contribution >= 0.6 is 0 Å². The monoisotopic (exact) mass is 557 g/mol. The van der Waals surface area contributed by atoms with Gasteiger partial charge in [0, 0.05) is 37.2 Å². The number of nitrogens with zero attached hydrogens (tertiary/aromatic N) is 3. The molecule has 210 valence electrons. The van der Waals surface area contributed by atoms with Gasteiger partial charge in [-0.2, -0.15) is 4.31 Å². The van der Waals surface area contributed by atoms with Crippen LogP contribution in [0.4, 0.5) is 4.39 Å². The van der Waals surface area contributed by atoms with E-state index in [4.69, 9.17) is 4.74 Å². The minimum Gasteiger partial charge on any atom is -0.472 e. The maximum absolute atomic E-state index is 13.7. The van der Waals surface area contributed by atoms with E-state index in [1.165, 1.54) is 44.5 Å². The molecule has 2 aromatic rings. The minimum absolute atomic E-state index is 0.0556. The maximum Gasteiger partial charge on any atom is 0.259 e. The van der Waals surface area contributed by atoms with Crippen molar-refractivity contribution in [3.05, 3.63) is 53.5 Å². The molecular formula is C29H36FN3O5S. The molecule has 0 bridgehead atoms. The normalized spacial score (nSPS) is 21.3. The second-order valence-corrected chi connectivity index (χ2v) is 12.6. The fraction of sp³-hybridized carbons (Fsp3) is 0.517. The molecule has 2 aliphatic rings. The van der Waals surface area contributed by atoms with Crippen molar-refractivity contribution in [2.45, 2.75) is 63.0 Å². The Bertz CT molecular complexity index is 1350. The quantitative estimate of drug-likeness (QED) is 0.544. The van der Waals surface area contributed by atoms with Crippen LogP contribution in [-0.4, -0.2) is 72.5 Å². The molecule has 1 amide bonds. The summed E-state index contributed by atoms with van der Waals surface area (Å²) in [6.45, 7) is 3.55. The number of carbonyl (C=O) groups excluding carboxylic acids is 1. The number of likely N-dealkylation sites (N-methyl/N-ethyl adjacent to an activating group) is 1. The number of amides is 1. The van der Waals surface area contributed by atoms with Gasteiger partial charge in [-0.3, -0.25) is 4.79 Å². The Balaban J connectivity index is 1.65. The van der Waals surface area contributed by atoms with Crippen molar-refractivity contribution >= 4 is 15.9 Å². The van der Waals surface area contributed by atoms with E-state index < -0.39 is 28.0 Å². The highest BCUT2D eigenvalue weighted by molar-refractivity contribution is 7.89. The second-order valence-electron chi connectivity index (χ2n) is 10.5. The first-order valence-electron chi connectivity index (χ1n) is 13.4. The van der Waals surface area contributed by atoms with Gasteiger partial charge in [0.25, 0.3) is 5.91 Å². The summed E-state index contributed by atoms with van der Waals surface area (Å²) >= 11 is 0. The van der Waals surface area contributed by atoms with Gasteiger partial charge in [-0.1, -0.05) is 44.1 Å². The molecule has 2 heterocycles. The first-order valence-corrected chi connectivity index (χ1v) is 14.9. The third kappa shape index (κ3) is 6.78. The molecule has 1 aliphatic carbocycles. The van der Waals surface area contributed by atoms with Crippen molar-refractivity contribution in [2.24, 2.45) is 11.8 Å². The predicted octanol–water partition coefficient (Wildman–Crippen LogP) is 3.69. The number of sulfonamides is 1. The molecule has 4 rings (SSSR count). The molecule has 1 aliphatic heterocycles. The molecule has 1 N–H and O–H groups in total. The number of aliphatic hydroxyl groups is 1. The number of benzene rings is 1. The van der Waals surface area contributed by atoms with E-state index in [1.807, 2.05) is 6.92 Å². The Labute approximate surface area is 230 Å². The zero-order valence-corrected chi connectivity index (χ0v) is 23.5. The van der Waals surface area contributed by atoms with Gasteiger partial charge in [0.2, 0.25) is 15.9 Å². The predicted molar refractivity (Wildman–Crippen MR) is 145 cm³/mol. The van der Waals surface area contributed by atoms with Gasteiger partial charge in [-0.15, -0.1) is 0 Å². The van der Waals surface area contributed by atoms with Crippen LogP contribution in [0.2, 0.25) is 0 Å². The molecule has 1 aromatic heterocycles. The highest BCUT2D eigenvalue weighted by Gasteiger charge is 2.36. The maximum atomic E-state index is 13.7. The zero-order valence-electron chi connectivity index (χ0n) is 22.6. The Morgan fingerprint density at radius 2 is 2.00 bits per heavy atom. The van der Waals surface area contributed by atoms with Crippen molar-refractivity contribution in [3.8, 4) is 17.7 Å². The fourth-order valence-corrected chi connectivity index (χ4v) is 6.19. The van der Waals surface area contributed by atoms with Crippen molar-refractivity contribution in [1.29, 1.82) is 0 Å². The highest BCUT2D eigenvalue weighted by Crippen LogP contribution is 2.29. The Hall–Kier alpha value is -3.00. The van der Waals surface area contributed by atoms with Crippen LogP contribution < -0.4 is 4.74 Å². The lowest BCUT2D eigenvalue weighted by atomic mass is 9.90. The summed E-state index contributed by atoms with van der Waals surface area (Å²) in [5.74, 6) is 5.62. The van der Waals surface area contributed by atoms with Crippen molar-refractivity contribution in [2.75, 3.05) is 26.7 Å². The number of rotatable bonds is 6. The first kappa shape index (κ1) is 29.0. The van der Waals surface area contributed by atoms with Crippen LogP contribution in [0.5, 0.6) is 5.88 Å². The SMILES string of the molecule is C[C@@H]1CN([C@H](C)CO)C(=O)c2cc(C#CC3CCCCC3)cnc2O[C@@H]1CN(C)S(=O)(=O)c1cccc(F)c1. The fourth-order valence-electron chi connectivity index (χ4n) is 4.98. The average Bonchev–Trinajstić information content (AvgIpc) is 2.93. The van der Waals surface area contributed by atoms with E-state index in [0.717, 1.165) is 23.2 Å². The van der Waals surface area contributed by atoms with Crippen LogP contribution in [0, 0.1) is 29.5 Å². The van der Waals surface area contributed by atoms with E-state index in [-0.39, 0.29) is 47.9 Å². The van der Waals surface area contributed by atoms with Gasteiger partial charge < -0.3 is 14.7 Å². The smallest absolute Gasteiger partial charge is 0.259 e. The molecule has 0 radical (unpaired) electrons. The summed E-state index contributed by atoms with van der Waals surface area (Å²) in [5, 5.41) is 9.87. The summed E-state index contributed by atoms with van der Waals surface area (Å²) in [6, 6.07) is 6.04. The van der Waals surface area contributed by atoms with Crippen molar-refractivity contribution in [1.82, 2.24) is 14.2 Å². The molecule has 39 heavy (non-hydrogen) atoms.